The summed E-state index contributed by atoms with van der Waals surface area (Å²) in [6, 6.07) is 9.96. The molecule has 0 aromatic heterocycles. The van der Waals surface area contributed by atoms with Gasteiger partial charge in [-0.3, -0.25) is 19.7 Å². The van der Waals surface area contributed by atoms with Gasteiger partial charge in [-0.15, -0.1) is 0 Å². The highest BCUT2D eigenvalue weighted by molar-refractivity contribution is 7.99. The first-order chi connectivity index (χ1) is 20.9. The monoisotopic (exact) mass is 626 g/mol. The zero-order chi connectivity index (χ0) is 31.9. The second-order valence-electron chi connectivity index (χ2n) is 12.7. The molecule has 3 N–H and O–H groups in total. The van der Waals surface area contributed by atoms with E-state index in [1.165, 1.54) is 24.3 Å². The fraction of sp³-hybridized carbons (Fsp3) is 0.545. The van der Waals surface area contributed by atoms with Gasteiger partial charge in [0.05, 0.1) is 20.9 Å². The van der Waals surface area contributed by atoms with E-state index in [1.807, 2.05) is 0 Å². The highest BCUT2D eigenvalue weighted by Crippen LogP contribution is 2.48. The van der Waals surface area contributed by atoms with E-state index in [2.05, 4.69) is 36.7 Å². The fourth-order valence-electron chi connectivity index (χ4n) is 6.53. The first-order valence-corrected chi connectivity index (χ1v) is 16.3. The highest BCUT2D eigenvalue weighted by atomic mass is 32.2. The van der Waals surface area contributed by atoms with Crippen molar-refractivity contribution < 1.29 is 23.7 Å². The number of fused-ring (bicyclic) bond motifs is 1. The number of amides is 3. The summed E-state index contributed by atoms with van der Waals surface area (Å²) in [5.41, 5.74) is -0.389. The maximum Gasteiger partial charge on any atom is 0.315 e. The number of nitrogens with zero attached hydrogens (tertiary/aromatic N) is 1. The molecule has 3 amide bonds. The number of hydrogen-bond acceptors (Lipinski definition) is 6. The largest absolute Gasteiger partial charge is 0.352 e. The molecule has 11 heteroatoms. The van der Waals surface area contributed by atoms with Gasteiger partial charge in [-0.2, -0.15) is 0 Å². The Hall–Kier alpha value is -3.47. The number of benzene rings is 2. The maximum absolute atomic E-state index is 13.2. The van der Waals surface area contributed by atoms with Crippen LogP contribution in [0.15, 0.2) is 52.3 Å². The van der Waals surface area contributed by atoms with E-state index in [9.17, 15) is 28.9 Å². The lowest BCUT2D eigenvalue weighted by molar-refractivity contribution is -0.387. The second-order valence-corrected chi connectivity index (χ2v) is 13.8. The fourth-order valence-corrected chi connectivity index (χ4v) is 7.43. The zero-order valence-corrected chi connectivity index (χ0v) is 26.6. The Labute approximate surface area is 262 Å². The molecular weight excluding hydrogens is 583 g/mol. The van der Waals surface area contributed by atoms with Gasteiger partial charge in [-0.1, -0.05) is 31.5 Å². The summed E-state index contributed by atoms with van der Waals surface area (Å²) in [7, 11) is 0. The van der Waals surface area contributed by atoms with Crippen molar-refractivity contribution in [2.24, 2.45) is 11.8 Å². The van der Waals surface area contributed by atoms with Crippen LogP contribution in [0.4, 0.5) is 14.9 Å². The van der Waals surface area contributed by atoms with E-state index in [0.29, 0.717) is 41.0 Å². The van der Waals surface area contributed by atoms with Crippen LogP contribution in [-0.4, -0.2) is 40.3 Å². The van der Waals surface area contributed by atoms with Crippen molar-refractivity contribution in [3.05, 3.63) is 64.0 Å². The summed E-state index contributed by atoms with van der Waals surface area (Å²) >= 11 is 1.14. The summed E-state index contributed by atoms with van der Waals surface area (Å²) in [5.74, 6) is 0.259. The molecule has 1 unspecified atom stereocenters. The van der Waals surface area contributed by atoms with Crippen LogP contribution in [0.1, 0.15) is 95.3 Å². The quantitative estimate of drug-likeness (QED) is 0.103. The van der Waals surface area contributed by atoms with E-state index >= 15 is 0 Å². The van der Waals surface area contributed by atoms with Gasteiger partial charge in [-0.05, 0) is 101 Å². The Kier molecular flexibility index (Phi) is 11.0. The van der Waals surface area contributed by atoms with Crippen molar-refractivity contribution in [1.82, 2.24) is 16.0 Å². The van der Waals surface area contributed by atoms with Gasteiger partial charge in [0.1, 0.15) is 11.6 Å². The number of rotatable bonds is 16. The smallest absolute Gasteiger partial charge is 0.315 e. The number of carbonyl (C=O) groups excluding carboxylic acids is 3. The van der Waals surface area contributed by atoms with Crippen LogP contribution in [-0.2, 0) is 4.79 Å². The molecule has 0 spiro atoms. The van der Waals surface area contributed by atoms with Crippen LogP contribution < -0.4 is 16.0 Å². The molecule has 2 fully saturated rings. The average molecular weight is 627 g/mol. The SMILES string of the molecule is CC(CCCC(=O)CCCC[C@@H]1CC[C@]2(C)NC(=O)N[C@]12C)CCNC(=O)c1ccc(Sc2ccc(F)cc2)c([N+](=O)[O-])c1. The summed E-state index contributed by atoms with van der Waals surface area (Å²) in [6.07, 6.45) is 8.49. The van der Waals surface area contributed by atoms with Gasteiger partial charge in [0.15, 0.2) is 0 Å². The van der Waals surface area contributed by atoms with Gasteiger partial charge in [0.2, 0.25) is 0 Å². The Morgan fingerprint density at radius 2 is 1.82 bits per heavy atom. The number of nitro groups is 1. The molecule has 0 bridgehead atoms. The third kappa shape index (κ3) is 8.16. The van der Waals surface area contributed by atoms with Gasteiger partial charge in [0.25, 0.3) is 11.6 Å². The van der Waals surface area contributed by atoms with Gasteiger partial charge in [-0.25, -0.2) is 9.18 Å². The number of hydrogen-bond donors (Lipinski definition) is 3. The Balaban J connectivity index is 1.11. The van der Waals surface area contributed by atoms with Gasteiger partial charge < -0.3 is 16.0 Å². The van der Waals surface area contributed by atoms with Crippen molar-refractivity contribution in [3.63, 3.8) is 0 Å². The molecule has 0 radical (unpaired) electrons. The molecule has 44 heavy (non-hydrogen) atoms. The topological polar surface area (TPSA) is 130 Å². The number of unbranched alkanes of at least 4 members (excludes halogenated alkanes) is 1. The van der Waals surface area contributed by atoms with Crippen molar-refractivity contribution in [2.45, 2.75) is 106 Å². The van der Waals surface area contributed by atoms with E-state index in [4.69, 9.17) is 0 Å². The predicted molar refractivity (Wildman–Crippen MR) is 168 cm³/mol. The van der Waals surface area contributed by atoms with E-state index in [1.54, 1.807) is 18.2 Å². The molecule has 1 saturated carbocycles. The third-order valence-electron chi connectivity index (χ3n) is 9.51. The number of urea groups is 1. The number of ketones is 1. The molecule has 1 aliphatic heterocycles. The number of carbonyl (C=O) groups is 3. The molecule has 238 valence electrons. The van der Waals surface area contributed by atoms with Crippen molar-refractivity contribution in [2.75, 3.05) is 6.54 Å². The minimum Gasteiger partial charge on any atom is -0.352 e. The van der Waals surface area contributed by atoms with Crippen LogP contribution in [0.3, 0.4) is 0 Å². The molecule has 1 saturated heterocycles. The van der Waals surface area contributed by atoms with E-state index in [0.717, 1.165) is 63.1 Å². The molecule has 2 aromatic carbocycles. The van der Waals surface area contributed by atoms with Crippen LogP contribution in [0.25, 0.3) is 0 Å². The molecule has 2 aliphatic rings. The zero-order valence-electron chi connectivity index (χ0n) is 25.7. The number of halogens is 1. The summed E-state index contributed by atoms with van der Waals surface area (Å²) in [5, 5.41) is 20.7. The molecular formula is C33H43FN4O5S. The summed E-state index contributed by atoms with van der Waals surface area (Å²) in [6.45, 7) is 6.79. The minimum atomic E-state index is -0.523. The van der Waals surface area contributed by atoms with Gasteiger partial charge in [0, 0.05) is 35.9 Å². The third-order valence-corrected chi connectivity index (χ3v) is 10.6. The normalized spacial score (nSPS) is 23.0. The molecule has 9 nitrogen and oxygen atoms in total. The van der Waals surface area contributed by atoms with Crippen LogP contribution in [0, 0.1) is 27.8 Å². The molecule has 1 aliphatic carbocycles. The average Bonchev–Trinajstić information content (AvgIpc) is 3.35. The van der Waals surface area contributed by atoms with Crippen molar-refractivity contribution >= 4 is 35.2 Å². The molecule has 2 aromatic rings. The Morgan fingerprint density at radius 3 is 2.55 bits per heavy atom. The highest BCUT2D eigenvalue weighted by Gasteiger charge is 2.59. The van der Waals surface area contributed by atoms with Crippen molar-refractivity contribution in [1.29, 1.82) is 0 Å². The van der Waals surface area contributed by atoms with Crippen LogP contribution >= 0.6 is 11.8 Å². The van der Waals surface area contributed by atoms with Crippen molar-refractivity contribution in [3.8, 4) is 0 Å². The van der Waals surface area contributed by atoms with Crippen LogP contribution in [0.2, 0.25) is 0 Å². The molecule has 4 rings (SSSR count). The first-order valence-electron chi connectivity index (χ1n) is 15.5. The van der Waals surface area contributed by atoms with Gasteiger partial charge >= 0.3 is 6.03 Å². The lowest BCUT2D eigenvalue weighted by atomic mass is 9.77. The predicted octanol–water partition coefficient (Wildman–Crippen LogP) is 7.18. The number of nitrogens with one attached hydrogen (secondary N) is 3. The second kappa shape index (κ2) is 14.5. The maximum atomic E-state index is 13.2. The van der Waals surface area contributed by atoms with Crippen LogP contribution in [0.5, 0.6) is 0 Å². The van der Waals surface area contributed by atoms with E-state index in [-0.39, 0.29) is 45.9 Å². The number of Topliss-reactive ketones (excluding diaryl/α,β-unsaturated/α-hetero) is 1. The lowest BCUT2D eigenvalue weighted by Crippen LogP contribution is -2.55. The Bertz CT molecular complexity index is 1370. The summed E-state index contributed by atoms with van der Waals surface area (Å²) < 4.78 is 13.2. The number of nitro benzene ring substituents is 1. The lowest BCUT2D eigenvalue weighted by Gasteiger charge is -2.37. The summed E-state index contributed by atoms with van der Waals surface area (Å²) in [4.78, 5) is 49.2. The van der Waals surface area contributed by atoms with E-state index < -0.39 is 4.92 Å². The Morgan fingerprint density at radius 1 is 1.09 bits per heavy atom. The standard InChI is InChI=1S/C33H43FN4O5S/c1-22(7-6-10-26(39)9-5-4-8-24-17-19-32(2)33(24,3)37-31(41)36-32)18-20-35-30(40)23-11-16-29(28(21-23)38(42)43)44-27-14-12-25(34)13-15-27/h11-16,21-22,24H,4-10,17-20H2,1-3H3,(H,35,40)(H2,36,37,41)/t22?,24-,32+,33-/m1/s1. The molecule has 4 atom stereocenters. The first kappa shape index (κ1) is 33.4. The minimum absolute atomic E-state index is 0.0809. The molecule has 1 heterocycles.